The lowest BCUT2D eigenvalue weighted by atomic mass is 10.1. The summed E-state index contributed by atoms with van der Waals surface area (Å²) < 4.78 is 5.67. The van der Waals surface area contributed by atoms with E-state index in [9.17, 15) is 15.0 Å². The SMILES string of the molecule is C#Cc1cccc(NC(=O)c2cc(OCCCCCCC(O)NO)ccc2O)c1. The molecule has 5 N–H and O–H groups in total. The summed E-state index contributed by atoms with van der Waals surface area (Å²) in [4.78, 5) is 12.5. The summed E-state index contributed by atoms with van der Waals surface area (Å²) in [7, 11) is 0. The van der Waals surface area contributed by atoms with Gasteiger partial charge in [-0.25, -0.2) is 0 Å². The molecule has 2 aromatic rings. The lowest BCUT2D eigenvalue weighted by Gasteiger charge is -2.11. The number of benzene rings is 2. The second-order valence-corrected chi connectivity index (χ2v) is 6.55. The first-order valence-electron chi connectivity index (χ1n) is 9.45. The zero-order chi connectivity index (χ0) is 21.1. The van der Waals surface area contributed by atoms with Gasteiger partial charge in [-0.1, -0.05) is 24.8 Å². The van der Waals surface area contributed by atoms with Crippen LogP contribution in [0.4, 0.5) is 5.69 Å². The van der Waals surface area contributed by atoms with E-state index in [0.717, 1.165) is 25.7 Å². The lowest BCUT2D eigenvalue weighted by Crippen LogP contribution is -2.24. The number of hydrogen-bond donors (Lipinski definition) is 5. The molecule has 0 aliphatic carbocycles. The minimum atomic E-state index is -0.887. The number of unbranched alkanes of at least 4 members (excludes halogenated alkanes) is 3. The van der Waals surface area contributed by atoms with Gasteiger partial charge in [0, 0.05) is 11.3 Å². The Morgan fingerprint density at radius 1 is 1.14 bits per heavy atom. The number of terminal acetylenes is 1. The van der Waals surface area contributed by atoms with E-state index in [1.165, 1.54) is 12.1 Å². The Morgan fingerprint density at radius 3 is 2.69 bits per heavy atom. The van der Waals surface area contributed by atoms with Crippen LogP contribution in [0.15, 0.2) is 42.5 Å². The van der Waals surface area contributed by atoms with Crippen LogP contribution in [0, 0.1) is 12.3 Å². The number of rotatable bonds is 11. The van der Waals surface area contributed by atoms with Gasteiger partial charge in [-0.2, -0.15) is 5.48 Å². The van der Waals surface area contributed by atoms with Gasteiger partial charge in [-0.05, 0) is 55.7 Å². The van der Waals surface area contributed by atoms with Gasteiger partial charge >= 0.3 is 0 Å². The Hall–Kier alpha value is -3.05. The van der Waals surface area contributed by atoms with Gasteiger partial charge in [0.25, 0.3) is 5.91 Å². The molecule has 1 amide bonds. The van der Waals surface area contributed by atoms with Crippen molar-refractivity contribution in [1.29, 1.82) is 0 Å². The average Bonchev–Trinajstić information content (AvgIpc) is 2.73. The molecule has 0 aliphatic rings. The monoisotopic (exact) mass is 398 g/mol. The van der Waals surface area contributed by atoms with Crippen molar-refractivity contribution in [2.75, 3.05) is 11.9 Å². The number of phenolic OH excluding ortho intramolecular Hbond substituents is 1. The van der Waals surface area contributed by atoms with Crippen LogP contribution in [0.25, 0.3) is 0 Å². The van der Waals surface area contributed by atoms with Crippen LogP contribution in [0.5, 0.6) is 11.5 Å². The number of ether oxygens (including phenoxy) is 1. The number of aromatic hydroxyl groups is 1. The number of anilines is 1. The van der Waals surface area contributed by atoms with Crippen LogP contribution >= 0.6 is 0 Å². The van der Waals surface area contributed by atoms with Crippen molar-refractivity contribution in [2.45, 2.75) is 38.3 Å². The summed E-state index contributed by atoms with van der Waals surface area (Å²) in [6, 6.07) is 11.4. The van der Waals surface area contributed by atoms with E-state index in [4.69, 9.17) is 16.4 Å². The molecule has 154 valence electrons. The van der Waals surface area contributed by atoms with Gasteiger partial charge in [0.1, 0.15) is 17.7 Å². The molecule has 0 heterocycles. The highest BCUT2D eigenvalue weighted by molar-refractivity contribution is 6.06. The molecule has 7 nitrogen and oxygen atoms in total. The van der Waals surface area contributed by atoms with Crippen LogP contribution in [0.3, 0.4) is 0 Å². The highest BCUT2D eigenvalue weighted by Crippen LogP contribution is 2.24. The van der Waals surface area contributed by atoms with Crippen molar-refractivity contribution in [1.82, 2.24) is 5.48 Å². The van der Waals surface area contributed by atoms with Crippen LogP contribution < -0.4 is 15.5 Å². The summed E-state index contributed by atoms with van der Waals surface area (Å²) in [5.74, 6) is 2.39. The Balaban J connectivity index is 1.84. The van der Waals surface area contributed by atoms with Gasteiger partial charge in [0.2, 0.25) is 0 Å². The van der Waals surface area contributed by atoms with Crippen LogP contribution in [-0.4, -0.2) is 34.2 Å². The fourth-order valence-corrected chi connectivity index (χ4v) is 2.72. The number of aliphatic hydroxyl groups excluding tert-OH is 1. The summed E-state index contributed by atoms with van der Waals surface area (Å²) in [6.45, 7) is 0.469. The third kappa shape index (κ3) is 7.47. The number of aliphatic hydroxyl groups is 1. The number of carbonyl (C=O) groups excluding carboxylic acids is 1. The van der Waals surface area contributed by atoms with Crippen molar-refractivity contribution in [2.24, 2.45) is 0 Å². The van der Waals surface area contributed by atoms with Crippen molar-refractivity contribution in [3.8, 4) is 23.8 Å². The molecule has 2 aromatic carbocycles. The minimum Gasteiger partial charge on any atom is -0.507 e. The largest absolute Gasteiger partial charge is 0.507 e. The third-order valence-corrected chi connectivity index (χ3v) is 4.29. The van der Waals surface area contributed by atoms with Crippen LogP contribution in [0.2, 0.25) is 0 Å². The predicted octanol–water partition coefficient (Wildman–Crippen LogP) is 3.25. The van der Waals surface area contributed by atoms with Gasteiger partial charge in [0.05, 0.1) is 12.2 Å². The number of hydrogen-bond acceptors (Lipinski definition) is 6. The molecule has 29 heavy (non-hydrogen) atoms. The highest BCUT2D eigenvalue weighted by Gasteiger charge is 2.13. The van der Waals surface area contributed by atoms with E-state index in [1.54, 1.807) is 35.8 Å². The number of hydroxylamine groups is 1. The lowest BCUT2D eigenvalue weighted by molar-refractivity contribution is -0.00395. The molecular formula is C22H26N2O5. The van der Waals surface area contributed by atoms with Crippen molar-refractivity contribution >= 4 is 11.6 Å². The molecule has 0 radical (unpaired) electrons. The molecule has 0 spiro atoms. The van der Waals surface area contributed by atoms with Gasteiger partial charge in [-0.15, -0.1) is 6.42 Å². The first-order valence-corrected chi connectivity index (χ1v) is 9.45. The smallest absolute Gasteiger partial charge is 0.259 e. The quantitative estimate of drug-likeness (QED) is 0.172. The molecule has 7 heteroatoms. The molecule has 0 fully saturated rings. The van der Waals surface area contributed by atoms with E-state index < -0.39 is 12.1 Å². The van der Waals surface area contributed by atoms with E-state index >= 15 is 0 Å². The fourth-order valence-electron chi connectivity index (χ4n) is 2.72. The second-order valence-electron chi connectivity index (χ2n) is 6.55. The topological polar surface area (TPSA) is 111 Å². The Kier molecular flexibility index (Phi) is 8.99. The maximum Gasteiger partial charge on any atom is 0.259 e. The molecule has 0 saturated carbocycles. The highest BCUT2D eigenvalue weighted by atomic mass is 16.5. The first-order chi connectivity index (χ1) is 14.0. The number of phenols is 1. The van der Waals surface area contributed by atoms with Crippen molar-refractivity contribution in [3.05, 3.63) is 53.6 Å². The van der Waals surface area contributed by atoms with Gasteiger partial charge < -0.3 is 25.5 Å². The van der Waals surface area contributed by atoms with E-state index in [1.807, 2.05) is 0 Å². The zero-order valence-electron chi connectivity index (χ0n) is 16.1. The number of amides is 1. The van der Waals surface area contributed by atoms with Crippen molar-refractivity contribution in [3.63, 3.8) is 0 Å². The molecule has 2 rings (SSSR count). The average molecular weight is 398 g/mol. The number of nitrogens with one attached hydrogen (secondary N) is 2. The summed E-state index contributed by atoms with van der Waals surface area (Å²) in [6.07, 6.45) is 8.38. The molecular weight excluding hydrogens is 372 g/mol. The van der Waals surface area contributed by atoms with E-state index in [-0.39, 0.29) is 11.3 Å². The molecule has 0 saturated heterocycles. The second kappa shape index (κ2) is 11.7. The van der Waals surface area contributed by atoms with Gasteiger partial charge in [-0.3, -0.25) is 4.79 Å². The predicted molar refractivity (Wildman–Crippen MR) is 110 cm³/mol. The Bertz CT molecular complexity index is 847. The fraction of sp³-hybridized carbons (Fsp3) is 0.318. The Labute approximate surface area is 170 Å². The maximum atomic E-state index is 12.5. The van der Waals surface area contributed by atoms with Gasteiger partial charge in [0.15, 0.2) is 0 Å². The normalized spacial score (nSPS) is 11.5. The van der Waals surface area contributed by atoms with E-state index in [0.29, 0.717) is 30.0 Å². The molecule has 1 atom stereocenters. The molecule has 0 aromatic heterocycles. The summed E-state index contributed by atoms with van der Waals surface area (Å²) >= 11 is 0. The summed E-state index contributed by atoms with van der Waals surface area (Å²) in [5.41, 5.74) is 3.09. The standard InChI is InChI=1S/C22H26N2O5/c1-2-16-8-7-9-17(14-16)23-22(27)19-15-18(11-12-20(19)25)29-13-6-4-3-5-10-21(26)24-28/h1,7-9,11-12,14-15,21,24-26,28H,3-6,10,13H2,(H,23,27). The first kappa shape index (κ1) is 22.2. The Morgan fingerprint density at radius 2 is 1.93 bits per heavy atom. The maximum absolute atomic E-state index is 12.5. The number of carbonyl (C=O) groups is 1. The van der Waals surface area contributed by atoms with Crippen LogP contribution in [0.1, 0.15) is 48.0 Å². The summed E-state index contributed by atoms with van der Waals surface area (Å²) in [5, 5.41) is 30.4. The zero-order valence-corrected chi connectivity index (χ0v) is 16.1. The minimum absolute atomic E-state index is 0.110. The molecule has 0 aliphatic heterocycles. The molecule has 0 bridgehead atoms. The van der Waals surface area contributed by atoms with Crippen LogP contribution in [-0.2, 0) is 0 Å². The van der Waals surface area contributed by atoms with Crippen molar-refractivity contribution < 1.29 is 25.0 Å². The molecule has 1 unspecified atom stereocenters. The van der Waals surface area contributed by atoms with E-state index in [2.05, 4.69) is 11.2 Å². The third-order valence-electron chi connectivity index (χ3n) is 4.29.